The van der Waals surface area contributed by atoms with Gasteiger partial charge in [0, 0.05) is 12.6 Å². The van der Waals surface area contributed by atoms with E-state index in [1.54, 1.807) is 0 Å². The smallest absolute Gasteiger partial charge is 0.119 e. The second-order valence-electron chi connectivity index (χ2n) is 5.68. The zero-order valence-corrected chi connectivity index (χ0v) is 12.9. The summed E-state index contributed by atoms with van der Waals surface area (Å²) >= 11 is 0. The van der Waals surface area contributed by atoms with Gasteiger partial charge in [-0.1, -0.05) is 19.1 Å². The van der Waals surface area contributed by atoms with Gasteiger partial charge in [-0.3, -0.25) is 0 Å². The highest BCUT2D eigenvalue weighted by molar-refractivity contribution is 5.27. The maximum Gasteiger partial charge on any atom is 0.119 e. The molecule has 1 fully saturated rings. The van der Waals surface area contributed by atoms with E-state index >= 15 is 0 Å². The molecule has 1 saturated heterocycles. The SMILES string of the molecule is CCN1CCCC(NCCOc2cccc(C)c2)CC1. The van der Waals surface area contributed by atoms with Crippen LogP contribution in [0.5, 0.6) is 5.75 Å². The summed E-state index contributed by atoms with van der Waals surface area (Å²) in [7, 11) is 0. The van der Waals surface area contributed by atoms with Crippen LogP contribution in [0.4, 0.5) is 0 Å². The molecule has 0 aliphatic carbocycles. The van der Waals surface area contributed by atoms with Gasteiger partial charge in [0.1, 0.15) is 12.4 Å². The average molecular weight is 276 g/mol. The highest BCUT2D eigenvalue weighted by Crippen LogP contribution is 2.12. The fourth-order valence-electron chi connectivity index (χ4n) is 2.81. The number of aryl methyl sites for hydroxylation is 1. The lowest BCUT2D eigenvalue weighted by atomic mass is 10.1. The number of benzene rings is 1. The van der Waals surface area contributed by atoms with Crippen molar-refractivity contribution in [1.29, 1.82) is 0 Å². The molecule has 1 aromatic rings. The highest BCUT2D eigenvalue weighted by atomic mass is 16.5. The van der Waals surface area contributed by atoms with Crippen molar-refractivity contribution in [3.63, 3.8) is 0 Å². The Bertz CT molecular complexity index is 394. The predicted molar refractivity (Wildman–Crippen MR) is 84.4 cm³/mol. The molecule has 1 heterocycles. The topological polar surface area (TPSA) is 24.5 Å². The van der Waals surface area contributed by atoms with Gasteiger partial charge < -0.3 is 15.0 Å². The first-order valence-corrected chi connectivity index (χ1v) is 7.93. The molecule has 1 aliphatic rings. The fraction of sp³-hybridized carbons (Fsp3) is 0.647. The molecule has 20 heavy (non-hydrogen) atoms. The largest absolute Gasteiger partial charge is 0.492 e. The van der Waals surface area contributed by atoms with Gasteiger partial charge in [-0.05, 0) is 63.5 Å². The number of likely N-dealkylation sites (tertiary alicyclic amines) is 1. The lowest BCUT2D eigenvalue weighted by Gasteiger charge is -2.18. The third kappa shape index (κ3) is 5.14. The minimum atomic E-state index is 0.660. The van der Waals surface area contributed by atoms with Crippen molar-refractivity contribution >= 4 is 0 Å². The van der Waals surface area contributed by atoms with Crippen LogP contribution in [0.25, 0.3) is 0 Å². The number of hydrogen-bond acceptors (Lipinski definition) is 3. The number of ether oxygens (including phenoxy) is 1. The fourth-order valence-corrected chi connectivity index (χ4v) is 2.81. The Morgan fingerprint density at radius 3 is 3.00 bits per heavy atom. The summed E-state index contributed by atoms with van der Waals surface area (Å²) in [6.45, 7) is 9.70. The maximum atomic E-state index is 5.78. The van der Waals surface area contributed by atoms with Crippen LogP contribution in [0.15, 0.2) is 24.3 Å². The average Bonchev–Trinajstić information content (AvgIpc) is 2.69. The van der Waals surface area contributed by atoms with Crippen LogP contribution in [0.1, 0.15) is 31.7 Å². The van der Waals surface area contributed by atoms with E-state index in [2.05, 4.69) is 36.2 Å². The first-order valence-electron chi connectivity index (χ1n) is 7.93. The summed E-state index contributed by atoms with van der Waals surface area (Å²) in [4.78, 5) is 2.55. The van der Waals surface area contributed by atoms with Crippen molar-refractivity contribution in [2.75, 3.05) is 32.8 Å². The third-order valence-corrected chi connectivity index (χ3v) is 4.06. The molecule has 1 aromatic carbocycles. The van der Waals surface area contributed by atoms with Crippen LogP contribution in [0, 0.1) is 6.92 Å². The third-order valence-electron chi connectivity index (χ3n) is 4.06. The van der Waals surface area contributed by atoms with E-state index in [9.17, 15) is 0 Å². The van der Waals surface area contributed by atoms with Gasteiger partial charge in [0.2, 0.25) is 0 Å². The monoisotopic (exact) mass is 276 g/mol. The zero-order chi connectivity index (χ0) is 14.2. The second kappa shape index (κ2) is 8.28. The lowest BCUT2D eigenvalue weighted by molar-refractivity contribution is 0.288. The van der Waals surface area contributed by atoms with E-state index < -0.39 is 0 Å². The molecule has 3 heteroatoms. The number of hydrogen-bond donors (Lipinski definition) is 1. The Morgan fingerprint density at radius 2 is 2.20 bits per heavy atom. The van der Waals surface area contributed by atoms with Crippen LogP contribution in [-0.4, -0.2) is 43.7 Å². The highest BCUT2D eigenvalue weighted by Gasteiger charge is 2.14. The molecule has 2 rings (SSSR count). The van der Waals surface area contributed by atoms with E-state index in [4.69, 9.17) is 4.74 Å². The van der Waals surface area contributed by atoms with Gasteiger partial charge in [0.05, 0.1) is 0 Å². The van der Waals surface area contributed by atoms with Gasteiger partial charge >= 0.3 is 0 Å². The molecular formula is C17H28N2O. The molecular weight excluding hydrogens is 248 g/mol. The van der Waals surface area contributed by atoms with Crippen LogP contribution in [-0.2, 0) is 0 Å². The quantitative estimate of drug-likeness (QED) is 0.809. The number of nitrogens with one attached hydrogen (secondary N) is 1. The molecule has 0 bridgehead atoms. The molecule has 0 amide bonds. The number of nitrogens with zero attached hydrogens (tertiary/aromatic N) is 1. The Labute approximate surface area is 123 Å². The Balaban J connectivity index is 1.63. The van der Waals surface area contributed by atoms with Gasteiger partial charge in [-0.25, -0.2) is 0 Å². The van der Waals surface area contributed by atoms with Gasteiger partial charge in [-0.15, -0.1) is 0 Å². The molecule has 112 valence electrons. The van der Waals surface area contributed by atoms with Crippen molar-refractivity contribution in [2.45, 2.75) is 39.2 Å². The van der Waals surface area contributed by atoms with Crippen molar-refractivity contribution in [2.24, 2.45) is 0 Å². The van der Waals surface area contributed by atoms with Gasteiger partial charge in [0.25, 0.3) is 0 Å². The molecule has 0 saturated carbocycles. The molecule has 0 spiro atoms. The molecule has 0 radical (unpaired) electrons. The summed E-state index contributed by atoms with van der Waals surface area (Å²) in [5.74, 6) is 0.977. The molecule has 1 atom stereocenters. The minimum Gasteiger partial charge on any atom is -0.492 e. The van der Waals surface area contributed by atoms with E-state index in [0.717, 1.165) is 18.9 Å². The first-order chi connectivity index (χ1) is 9.78. The maximum absolute atomic E-state index is 5.78. The molecule has 1 N–H and O–H groups in total. The normalized spacial score (nSPS) is 20.6. The lowest BCUT2D eigenvalue weighted by Crippen LogP contribution is -2.33. The van der Waals surface area contributed by atoms with Crippen LogP contribution < -0.4 is 10.1 Å². The molecule has 1 unspecified atom stereocenters. The second-order valence-corrected chi connectivity index (χ2v) is 5.68. The van der Waals surface area contributed by atoms with Crippen molar-refractivity contribution in [1.82, 2.24) is 10.2 Å². The molecule has 3 nitrogen and oxygen atoms in total. The van der Waals surface area contributed by atoms with E-state index in [-0.39, 0.29) is 0 Å². The van der Waals surface area contributed by atoms with Crippen LogP contribution >= 0.6 is 0 Å². The first kappa shape index (κ1) is 15.3. The van der Waals surface area contributed by atoms with Crippen molar-refractivity contribution in [3.8, 4) is 5.75 Å². The summed E-state index contributed by atoms with van der Waals surface area (Å²) in [5, 5.41) is 3.64. The van der Waals surface area contributed by atoms with Gasteiger partial charge in [0.15, 0.2) is 0 Å². The zero-order valence-electron chi connectivity index (χ0n) is 12.9. The Hall–Kier alpha value is -1.06. The van der Waals surface area contributed by atoms with E-state index in [0.29, 0.717) is 6.04 Å². The number of rotatable bonds is 6. The molecule has 0 aromatic heterocycles. The predicted octanol–water partition coefficient (Wildman–Crippen LogP) is 2.84. The van der Waals surface area contributed by atoms with Crippen molar-refractivity contribution < 1.29 is 4.74 Å². The summed E-state index contributed by atoms with van der Waals surface area (Å²) in [6.07, 6.45) is 3.86. The Morgan fingerprint density at radius 1 is 1.30 bits per heavy atom. The summed E-state index contributed by atoms with van der Waals surface area (Å²) in [5.41, 5.74) is 1.25. The van der Waals surface area contributed by atoms with E-state index in [1.165, 1.54) is 44.5 Å². The molecule has 1 aliphatic heterocycles. The summed E-state index contributed by atoms with van der Waals surface area (Å²) in [6, 6.07) is 8.91. The van der Waals surface area contributed by atoms with Crippen molar-refractivity contribution in [3.05, 3.63) is 29.8 Å². The van der Waals surface area contributed by atoms with Gasteiger partial charge in [-0.2, -0.15) is 0 Å². The standard InChI is InChI=1S/C17H28N2O/c1-3-19-11-5-7-16(9-12-19)18-10-13-20-17-8-4-6-15(2)14-17/h4,6,8,14,16,18H,3,5,7,9-13H2,1-2H3. The van der Waals surface area contributed by atoms with Crippen LogP contribution in [0.2, 0.25) is 0 Å². The van der Waals surface area contributed by atoms with Crippen LogP contribution in [0.3, 0.4) is 0 Å². The minimum absolute atomic E-state index is 0.660. The van der Waals surface area contributed by atoms with E-state index in [1.807, 2.05) is 12.1 Å². The summed E-state index contributed by atoms with van der Waals surface area (Å²) < 4.78 is 5.78. The Kier molecular flexibility index (Phi) is 6.34.